The Morgan fingerprint density at radius 3 is 2.38 bits per heavy atom. The van der Waals surface area contributed by atoms with Gasteiger partial charge < -0.3 is 14.4 Å². The lowest BCUT2D eigenvalue weighted by Crippen LogP contribution is -2.57. The van der Waals surface area contributed by atoms with E-state index in [9.17, 15) is 4.79 Å². The summed E-state index contributed by atoms with van der Waals surface area (Å²) in [5, 5.41) is 0. The van der Waals surface area contributed by atoms with Crippen LogP contribution in [-0.2, 0) is 4.74 Å². The van der Waals surface area contributed by atoms with Gasteiger partial charge in [-0.1, -0.05) is 24.6 Å². The molecule has 0 bridgehead atoms. The van der Waals surface area contributed by atoms with E-state index < -0.39 is 5.60 Å². The van der Waals surface area contributed by atoms with Crippen molar-refractivity contribution in [3.8, 4) is 5.75 Å². The first-order valence-electron chi connectivity index (χ1n) is 8.53. The van der Waals surface area contributed by atoms with Crippen molar-refractivity contribution in [1.29, 1.82) is 0 Å². The van der Waals surface area contributed by atoms with Gasteiger partial charge in [0.2, 0.25) is 0 Å². The number of ether oxygens (including phenoxy) is 2. The first-order chi connectivity index (χ1) is 11.1. The number of carbonyl (C=O) groups excluding carboxylic acids is 1. The first-order valence-corrected chi connectivity index (χ1v) is 8.53. The normalized spacial score (nSPS) is 16.3. The van der Waals surface area contributed by atoms with Crippen molar-refractivity contribution in [2.45, 2.75) is 58.7 Å². The van der Waals surface area contributed by atoms with Crippen LogP contribution in [0.1, 0.15) is 52.5 Å². The average molecular weight is 331 g/mol. The zero-order valence-electron chi connectivity index (χ0n) is 15.5. The van der Waals surface area contributed by atoms with Crippen LogP contribution < -0.4 is 4.74 Å². The molecule has 1 atom stereocenters. The number of allylic oxidation sites excluding steroid dienone is 1. The number of benzene rings is 1. The van der Waals surface area contributed by atoms with E-state index in [0.29, 0.717) is 19.0 Å². The average Bonchev–Trinajstić information content (AvgIpc) is 2.40. The number of hydrogen-bond donors (Lipinski definition) is 0. The van der Waals surface area contributed by atoms with Crippen LogP contribution in [0.25, 0.3) is 0 Å². The second-order valence-electron chi connectivity index (χ2n) is 7.76. The van der Waals surface area contributed by atoms with Crippen LogP contribution in [0.15, 0.2) is 36.4 Å². The Labute approximate surface area is 145 Å². The summed E-state index contributed by atoms with van der Waals surface area (Å²) in [4.78, 5) is 13.6. The second kappa shape index (κ2) is 7.29. The van der Waals surface area contributed by atoms with Crippen molar-refractivity contribution in [2.75, 3.05) is 13.1 Å². The second-order valence-corrected chi connectivity index (χ2v) is 7.76. The minimum Gasteiger partial charge on any atom is -0.487 e. The SMILES string of the molecule is C=C(C)C[C@@H](C)c1ccc(OC2CN(C(=O)OC(C)(C)C)C2)cc1. The number of nitrogens with zero attached hydrogens (tertiary/aromatic N) is 1. The Balaban J connectivity index is 1.80. The summed E-state index contributed by atoms with van der Waals surface area (Å²) < 4.78 is 11.2. The smallest absolute Gasteiger partial charge is 0.410 e. The Morgan fingerprint density at radius 2 is 1.88 bits per heavy atom. The van der Waals surface area contributed by atoms with Gasteiger partial charge in [0.15, 0.2) is 0 Å². The lowest BCUT2D eigenvalue weighted by molar-refractivity contribution is -0.0221. The molecule has 0 aliphatic carbocycles. The van der Waals surface area contributed by atoms with Crippen molar-refractivity contribution in [3.05, 3.63) is 42.0 Å². The maximum Gasteiger partial charge on any atom is 0.410 e. The largest absolute Gasteiger partial charge is 0.487 e. The molecule has 1 aliphatic rings. The number of carbonyl (C=O) groups is 1. The Kier molecular flexibility index (Phi) is 5.58. The van der Waals surface area contributed by atoms with Crippen LogP contribution in [0.4, 0.5) is 4.79 Å². The molecule has 0 saturated carbocycles. The lowest BCUT2D eigenvalue weighted by atomic mass is 9.95. The van der Waals surface area contributed by atoms with E-state index in [0.717, 1.165) is 12.2 Å². The number of hydrogen-bond acceptors (Lipinski definition) is 3. The maximum absolute atomic E-state index is 11.9. The quantitative estimate of drug-likeness (QED) is 0.731. The molecule has 4 heteroatoms. The monoisotopic (exact) mass is 331 g/mol. The molecule has 0 spiro atoms. The van der Waals surface area contributed by atoms with Crippen LogP contribution in [0.2, 0.25) is 0 Å². The molecule has 1 saturated heterocycles. The van der Waals surface area contributed by atoms with Crippen molar-refractivity contribution in [3.63, 3.8) is 0 Å². The van der Waals surface area contributed by atoms with E-state index in [-0.39, 0.29) is 12.2 Å². The van der Waals surface area contributed by atoms with Gasteiger partial charge in [0.05, 0.1) is 13.1 Å². The van der Waals surface area contributed by atoms with E-state index in [1.54, 1.807) is 4.90 Å². The summed E-state index contributed by atoms with van der Waals surface area (Å²) in [7, 11) is 0. The molecule has 0 radical (unpaired) electrons. The van der Waals surface area contributed by atoms with Crippen LogP contribution in [0.5, 0.6) is 5.75 Å². The molecular formula is C20H29NO3. The van der Waals surface area contributed by atoms with Gasteiger partial charge in [-0.3, -0.25) is 0 Å². The van der Waals surface area contributed by atoms with E-state index in [2.05, 4.69) is 32.6 Å². The van der Waals surface area contributed by atoms with Gasteiger partial charge in [0, 0.05) is 0 Å². The van der Waals surface area contributed by atoms with Crippen molar-refractivity contribution in [1.82, 2.24) is 4.90 Å². The Morgan fingerprint density at radius 1 is 1.29 bits per heavy atom. The molecule has 1 heterocycles. The van der Waals surface area contributed by atoms with Crippen LogP contribution >= 0.6 is 0 Å². The number of rotatable bonds is 5. The molecular weight excluding hydrogens is 302 g/mol. The van der Waals surface area contributed by atoms with E-state index in [4.69, 9.17) is 9.47 Å². The summed E-state index contributed by atoms with van der Waals surface area (Å²) in [6, 6.07) is 8.21. The minimum absolute atomic E-state index is 0.0382. The fourth-order valence-electron chi connectivity index (χ4n) is 2.70. The highest BCUT2D eigenvalue weighted by molar-refractivity contribution is 5.69. The summed E-state index contributed by atoms with van der Waals surface area (Å²) in [5.41, 5.74) is 2.02. The fourth-order valence-corrected chi connectivity index (χ4v) is 2.70. The van der Waals surface area contributed by atoms with Gasteiger partial charge in [-0.25, -0.2) is 4.79 Å². The Bertz CT molecular complexity index is 580. The van der Waals surface area contributed by atoms with Crippen LogP contribution in [-0.4, -0.2) is 35.8 Å². The van der Waals surface area contributed by atoms with Crippen LogP contribution in [0, 0.1) is 0 Å². The van der Waals surface area contributed by atoms with Gasteiger partial charge in [-0.2, -0.15) is 0 Å². The molecule has 1 aromatic carbocycles. The van der Waals surface area contributed by atoms with Gasteiger partial charge in [0.1, 0.15) is 17.5 Å². The van der Waals surface area contributed by atoms with Gasteiger partial charge in [0.25, 0.3) is 0 Å². The standard InChI is InChI=1S/C20H29NO3/c1-14(2)11-15(3)16-7-9-17(10-8-16)23-18-12-21(13-18)19(22)24-20(4,5)6/h7-10,15,18H,1,11-13H2,2-6H3/t15-/m1/s1. The van der Waals surface area contributed by atoms with Gasteiger partial charge in [-0.15, -0.1) is 6.58 Å². The van der Waals surface area contributed by atoms with E-state index in [1.807, 2.05) is 32.9 Å². The van der Waals surface area contributed by atoms with Gasteiger partial charge >= 0.3 is 6.09 Å². The summed E-state index contributed by atoms with van der Waals surface area (Å²) in [6.45, 7) is 15.0. The fraction of sp³-hybridized carbons (Fsp3) is 0.550. The lowest BCUT2D eigenvalue weighted by Gasteiger charge is -2.39. The summed E-state index contributed by atoms with van der Waals surface area (Å²) in [6.07, 6.45) is 0.760. The maximum atomic E-state index is 11.9. The van der Waals surface area contributed by atoms with Gasteiger partial charge in [-0.05, 0) is 57.7 Å². The molecule has 0 unspecified atom stereocenters. The predicted octanol–water partition coefficient (Wildman–Crippen LogP) is 4.75. The third-order valence-corrected chi connectivity index (χ3v) is 3.91. The van der Waals surface area contributed by atoms with Crippen molar-refractivity contribution >= 4 is 6.09 Å². The molecule has 24 heavy (non-hydrogen) atoms. The molecule has 1 amide bonds. The Hall–Kier alpha value is -1.97. The highest BCUT2D eigenvalue weighted by Gasteiger charge is 2.35. The highest BCUT2D eigenvalue weighted by Crippen LogP contribution is 2.26. The molecule has 4 nitrogen and oxygen atoms in total. The zero-order valence-corrected chi connectivity index (χ0v) is 15.5. The third-order valence-electron chi connectivity index (χ3n) is 3.91. The summed E-state index contributed by atoms with van der Waals surface area (Å²) in [5.74, 6) is 1.30. The number of likely N-dealkylation sites (tertiary alicyclic amines) is 1. The molecule has 1 aliphatic heterocycles. The molecule has 2 rings (SSSR count). The van der Waals surface area contributed by atoms with Crippen molar-refractivity contribution in [2.24, 2.45) is 0 Å². The third kappa shape index (κ3) is 5.29. The molecule has 132 valence electrons. The van der Waals surface area contributed by atoms with E-state index >= 15 is 0 Å². The molecule has 0 aromatic heterocycles. The predicted molar refractivity (Wildman–Crippen MR) is 96.5 cm³/mol. The van der Waals surface area contributed by atoms with Crippen LogP contribution in [0.3, 0.4) is 0 Å². The minimum atomic E-state index is -0.459. The van der Waals surface area contributed by atoms with Crippen molar-refractivity contribution < 1.29 is 14.3 Å². The first kappa shape index (κ1) is 18.4. The topological polar surface area (TPSA) is 38.8 Å². The zero-order chi connectivity index (χ0) is 17.9. The summed E-state index contributed by atoms with van der Waals surface area (Å²) >= 11 is 0. The van der Waals surface area contributed by atoms with E-state index in [1.165, 1.54) is 11.1 Å². The molecule has 1 aromatic rings. The molecule has 0 N–H and O–H groups in total. The highest BCUT2D eigenvalue weighted by atomic mass is 16.6. The number of amides is 1. The molecule has 1 fully saturated rings.